The van der Waals surface area contributed by atoms with Crippen LogP contribution in [0.15, 0.2) is 53.4 Å². The van der Waals surface area contributed by atoms with E-state index in [0.717, 1.165) is 5.56 Å². The molecule has 7 heteroatoms. The highest BCUT2D eigenvalue weighted by molar-refractivity contribution is 7.99. The van der Waals surface area contributed by atoms with Gasteiger partial charge in [0.15, 0.2) is 6.10 Å². The molecule has 2 aromatic carbocycles. The predicted molar refractivity (Wildman–Crippen MR) is 107 cm³/mol. The van der Waals surface area contributed by atoms with E-state index in [1.807, 2.05) is 12.1 Å². The van der Waals surface area contributed by atoms with E-state index in [-0.39, 0.29) is 11.7 Å². The van der Waals surface area contributed by atoms with Crippen LogP contribution in [0.3, 0.4) is 0 Å². The fourth-order valence-corrected chi connectivity index (χ4v) is 3.38. The molecule has 0 saturated carbocycles. The highest BCUT2D eigenvalue weighted by Crippen LogP contribution is 2.23. The summed E-state index contributed by atoms with van der Waals surface area (Å²) in [6.07, 6.45) is 0.0145. The third-order valence-corrected chi connectivity index (χ3v) is 5.22. The van der Waals surface area contributed by atoms with E-state index in [0.29, 0.717) is 35.8 Å². The average Bonchev–Trinajstić information content (AvgIpc) is 2.67. The van der Waals surface area contributed by atoms with Crippen LogP contribution in [-0.2, 0) is 16.1 Å². The Morgan fingerprint density at radius 1 is 1.18 bits per heavy atom. The van der Waals surface area contributed by atoms with E-state index >= 15 is 0 Å². The molecule has 0 aliphatic heterocycles. The molecule has 1 atom stereocenters. The van der Waals surface area contributed by atoms with Crippen molar-refractivity contribution in [1.82, 2.24) is 4.90 Å². The lowest BCUT2D eigenvalue weighted by Gasteiger charge is -2.20. The summed E-state index contributed by atoms with van der Waals surface area (Å²) in [4.78, 5) is 25.5. The van der Waals surface area contributed by atoms with Crippen LogP contribution in [0.5, 0.6) is 5.75 Å². The molecular weight excluding hydrogens is 381 g/mol. The van der Waals surface area contributed by atoms with Crippen molar-refractivity contribution in [3.05, 3.63) is 59.9 Å². The van der Waals surface area contributed by atoms with Gasteiger partial charge in [-0.05, 0) is 37.3 Å². The van der Waals surface area contributed by atoms with Gasteiger partial charge in [0.1, 0.15) is 11.6 Å². The first kappa shape index (κ1) is 21.8. The second kappa shape index (κ2) is 10.7. The molecule has 1 amide bonds. The highest BCUT2D eigenvalue weighted by Gasteiger charge is 2.16. The topological polar surface area (TPSA) is 66.8 Å². The van der Waals surface area contributed by atoms with Gasteiger partial charge in [-0.25, -0.2) is 9.18 Å². The smallest absolute Gasteiger partial charge is 0.344 e. The van der Waals surface area contributed by atoms with Gasteiger partial charge in [0, 0.05) is 30.5 Å². The maximum atomic E-state index is 13.6. The molecule has 0 aliphatic rings. The minimum absolute atomic E-state index is 0.0322. The summed E-state index contributed by atoms with van der Waals surface area (Å²) < 4.78 is 19.0. The Morgan fingerprint density at radius 2 is 1.86 bits per heavy atom. The first-order valence-electron chi connectivity index (χ1n) is 8.97. The van der Waals surface area contributed by atoms with Gasteiger partial charge in [0.05, 0.1) is 0 Å². The summed E-state index contributed by atoms with van der Waals surface area (Å²) in [5.74, 6) is -0.229. The molecule has 1 unspecified atom stereocenters. The summed E-state index contributed by atoms with van der Waals surface area (Å²) >= 11 is 1.40. The highest BCUT2D eigenvalue weighted by atomic mass is 32.2. The zero-order chi connectivity index (χ0) is 20.5. The summed E-state index contributed by atoms with van der Waals surface area (Å²) in [5.41, 5.74) is 0.743. The number of hydrogen-bond acceptors (Lipinski definition) is 4. The Balaban J connectivity index is 1.84. The van der Waals surface area contributed by atoms with Crippen molar-refractivity contribution in [2.24, 2.45) is 0 Å². The summed E-state index contributed by atoms with van der Waals surface area (Å²) in [7, 11) is 1.70. The number of thioether (sulfide) groups is 1. The van der Waals surface area contributed by atoms with E-state index in [1.54, 1.807) is 42.3 Å². The van der Waals surface area contributed by atoms with E-state index in [2.05, 4.69) is 0 Å². The van der Waals surface area contributed by atoms with Crippen molar-refractivity contribution in [2.75, 3.05) is 12.8 Å². The molecule has 2 rings (SSSR count). The minimum Gasteiger partial charge on any atom is -0.479 e. The van der Waals surface area contributed by atoms with Crippen LogP contribution in [0, 0.1) is 5.82 Å². The number of benzene rings is 2. The number of rotatable bonds is 10. The molecule has 2 aromatic rings. The molecule has 0 saturated heterocycles. The summed E-state index contributed by atoms with van der Waals surface area (Å²) in [6, 6.07) is 13.7. The predicted octanol–water partition coefficient (Wildman–Crippen LogP) is 4.21. The minimum atomic E-state index is -1.05. The summed E-state index contributed by atoms with van der Waals surface area (Å²) in [5, 5.41) is 9.01. The van der Waals surface area contributed by atoms with Crippen LogP contribution in [0.1, 0.15) is 25.3 Å². The van der Waals surface area contributed by atoms with Gasteiger partial charge in [-0.3, -0.25) is 4.79 Å². The number of ether oxygens (including phenoxy) is 1. The molecule has 0 aromatic heterocycles. The number of carbonyl (C=O) groups excluding carboxylic acids is 1. The Morgan fingerprint density at radius 3 is 2.57 bits per heavy atom. The second-order valence-corrected chi connectivity index (χ2v) is 7.48. The normalized spacial score (nSPS) is 11.7. The van der Waals surface area contributed by atoms with Crippen LogP contribution in [0.25, 0.3) is 0 Å². The molecule has 28 heavy (non-hydrogen) atoms. The van der Waals surface area contributed by atoms with Gasteiger partial charge in [-0.2, -0.15) is 0 Å². The van der Waals surface area contributed by atoms with Crippen molar-refractivity contribution >= 4 is 23.6 Å². The maximum Gasteiger partial charge on any atom is 0.344 e. The number of carbonyl (C=O) groups is 2. The Labute approximate surface area is 168 Å². The number of halogens is 1. The largest absolute Gasteiger partial charge is 0.479 e. The van der Waals surface area contributed by atoms with Crippen LogP contribution < -0.4 is 4.74 Å². The van der Waals surface area contributed by atoms with Crippen LogP contribution in [-0.4, -0.2) is 40.8 Å². The van der Waals surface area contributed by atoms with Crippen molar-refractivity contribution < 1.29 is 23.8 Å². The van der Waals surface area contributed by atoms with Gasteiger partial charge < -0.3 is 14.7 Å². The van der Waals surface area contributed by atoms with Gasteiger partial charge in [-0.15, -0.1) is 11.8 Å². The summed E-state index contributed by atoms with van der Waals surface area (Å²) in [6.45, 7) is 1.78. The van der Waals surface area contributed by atoms with Crippen molar-refractivity contribution in [1.29, 1.82) is 0 Å². The molecule has 1 N–H and O–H groups in total. The third kappa shape index (κ3) is 6.56. The Kier molecular flexibility index (Phi) is 8.32. The Bertz CT molecular complexity index is 814. The monoisotopic (exact) mass is 405 g/mol. The lowest BCUT2D eigenvalue weighted by atomic mass is 10.1. The van der Waals surface area contributed by atoms with Crippen molar-refractivity contribution in [3.63, 3.8) is 0 Å². The lowest BCUT2D eigenvalue weighted by Crippen LogP contribution is -2.27. The van der Waals surface area contributed by atoms with Crippen LogP contribution in [0.2, 0.25) is 0 Å². The van der Waals surface area contributed by atoms with E-state index in [1.165, 1.54) is 24.8 Å². The van der Waals surface area contributed by atoms with Crippen molar-refractivity contribution in [2.45, 2.75) is 37.3 Å². The van der Waals surface area contributed by atoms with Gasteiger partial charge in [-0.1, -0.05) is 30.3 Å². The number of aliphatic carboxylic acids is 1. The number of carboxylic acid groups (broad SMARTS) is 1. The van der Waals surface area contributed by atoms with Gasteiger partial charge >= 0.3 is 5.97 Å². The zero-order valence-corrected chi connectivity index (χ0v) is 16.7. The van der Waals surface area contributed by atoms with Gasteiger partial charge in [0.25, 0.3) is 0 Å². The molecule has 0 heterocycles. The molecule has 5 nitrogen and oxygen atoms in total. The average molecular weight is 405 g/mol. The first-order chi connectivity index (χ1) is 13.4. The third-order valence-electron chi connectivity index (χ3n) is 4.09. The fourth-order valence-electron chi connectivity index (χ4n) is 2.49. The molecular formula is C21H24FNO4S. The molecule has 150 valence electrons. The standard InChI is InChI=1S/C21H24FNO4S/c1-15(21(25)26)27-18-10-5-3-8-16(18)14-23(2)20(24)12-7-13-28-19-11-6-4-9-17(19)22/h3-6,8-11,15H,7,12-14H2,1-2H3,(H,25,26). The number of amides is 1. The molecule has 0 bridgehead atoms. The first-order valence-corrected chi connectivity index (χ1v) is 9.95. The van der Waals surface area contributed by atoms with Gasteiger partial charge in [0.2, 0.25) is 5.91 Å². The van der Waals surface area contributed by atoms with E-state index in [4.69, 9.17) is 9.84 Å². The van der Waals surface area contributed by atoms with Crippen LogP contribution in [0.4, 0.5) is 4.39 Å². The van der Waals surface area contributed by atoms with E-state index < -0.39 is 12.1 Å². The number of carboxylic acids is 1. The number of hydrogen-bond donors (Lipinski definition) is 1. The Hall–Kier alpha value is -2.54. The van der Waals surface area contributed by atoms with Crippen molar-refractivity contribution in [3.8, 4) is 5.75 Å². The molecule has 0 aliphatic carbocycles. The SMILES string of the molecule is CC(Oc1ccccc1CN(C)C(=O)CCCSc1ccccc1F)C(=O)O. The van der Waals surface area contributed by atoms with E-state index in [9.17, 15) is 14.0 Å². The zero-order valence-electron chi connectivity index (χ0n) is 15.9. The number of para-hydroxylation sites is 1. The quantitative estimate of drug-likeness (QED) is 0.474. The molecule has 0 radical (unpaired) electrons. The lowest BCUT2D eigenvalue weighted by molar-refractivity contribution is -0.144. The molecule has 0 spiro atoms. The fraction of sp³-hybridized carbons (Fsp3) is 0.333. The van der Waals surface area contributed by atoms with Crippen LogP contribution >= 0.6 is 11.8 Å². The second-order valence-electron chi connectivity index (χ2n) is 6.34. The molecule has 0 fully saturated rings. The number of nitrogens with zero attached hydrogens (tertiary/aromatic N) is 1. The maximum absolute atomic E-state index is 13.6.